The zero-order valence-corrected chi connectivity index (χ0v) is 11.7. The minimum absolute atomic E-state index is 0.646. The van der Waals surface area contributed by atoms with Crippen LogP contribution >= 0.6 is 0 Å². The molecule has 0 bridgehead atoms. The van der Waals surface area contributed by atoms with Gasteiger partial charge in [-0.05, 0) is 24.3 Å². The van der Waals surface area contributed by atoms with Gasteiger partial charge in [0.15, 0.2) is 0 Å². The van der Waals surface area contributed by atoms with Crippen molar-refractivity contribution >= 4 is 17.7 Å². The van der Waals surface area contributed by atoms with E-state index in [-0.39, 0.29) is 0 Å². The lowest BCUT2D eigenvalue weighted by Crippen LogP contribution is -2.37. The number of nitrogens with two attached hydrogens (primary N) is 2. The second kappa shape index (κ2) is 6.02. The van der Waals surface area contributed by atoms with Gasteiger partial charge < -0.3 is 21.1 Å². The van der Waals surface area contributed by atoms with Crippen molar-refractivity contribution in [1.29, 1.82) is 0 Å². The monoisotopic (exact) mass is 269 g/mol. The fourth-order valence-corrected chi connectivity index (χ4v) is 2.00. The Morgan fingerprint density at radius 1 is 1.10 bits per heavy atom. The van der Waals surface area contributed by atoms with Gasteiger partial charge in [-0.2, -0.15) is 0 Å². The first-order chi connectivity index (χ1) is 9.67. The summed E-state index contributed by atoms with van der Waals surface area (Å²) in [5.74, 6) is 1.46. The number of rotatable bonds is 3. The fraction of sp³-hybridized carbons (Fsp3) is 0.125. The maximum absolute atomic E-state index is 6.25. The van der Waals surface area contributed by atoms with E-state index in [4.69, 9.17) is 16.2 Å². The van der Waals surface area contributed by atoms with Crippen molar-refractivity contribution in [3.8, 4) is 5.75 Å². The quantitative estimate of drug-likeness (QED) is 0.854. The van der Waals surface area contributed by atoms with Crippen LogP contribution in [-0.2, 0) is 0 Å². The molecule has 0 aliphatic heterocycles. The molecule has 4 heteroatoms. The average Bonchev–Trinajstić information content (AvgIpc) is 2.53. The van der Waals surface area contributed by atoms with Gasteiger partial charge in [-0.1, -0.05) is 24.3 Å². The van der Waals surface area contributed by atoms with Gasteiger partial charge in [0.25, 0.3) is 0 Å². The number of benzene rings is 2. The molecule has 0 radical (unpaired) electrons. The topological polar surface area (TPSA) is 64.5 Å². The number of methoxy groups -OCH3 is 1. The molecule has 0 fully saturated rings. The largest absolute Gasteiger partial charge is 0.497 e. The molecule has 0 unspecified atom stereocenters. The summed E-state index contributed by atoms with van der Waals surface area (Å²) in [6.45, 7) is 0. The predicted octanol–water partition coefficient (Wildman–Crippen LogP) is 0.553. The summed E-state index contributed by atoms with van der Waals surface area (Å²) < 4.78 is 5.15. The number of nitrogens with zero attached hydrogens (tertiary/aromatic N) is 1. The SMILES string of the molecule is COc1ccc(N(C)/C(N)=c2\cccc\c2=C\N)cc1. The molecule has 0 saturated heterocycles. The highest BCUT2D eigenvalue weighted by atomic mass is 16.5. The van der Waals surface area contributed by atoms with Crippen molar-refractivity contribution in [1.82, 2.24) is 0 Å². The van der Waals surface area contributed by atoms with Crippen molar-refractivity contribution in [2.75, 3.05) is 19.1 Å². The van der Waals surface area contributed by atoms with Crippen molar-refractivity contribution in [2.45, 2.75) is 0 Å². The van der Waals surface area contributed by atoms with E-state index in [1.807, 2.05) is 60.5 Å². The normalized spacial score (nSPS) is 13.0. The number of anilines is 1. The molecule has 0 amide bonds. The van der Waals surface area contributed by atoms with Gasteiger partial charge in [-0.15, -0.1) is 0 Å². The van der Waals surface area contributed by atoms with Crippen LogP contribution in [0.3, 0.4) is 0 Å². The highest BCUT2D eigenvalue weighted by Crippen LogP contribution is 2.19. The average molecular weight is 269 g/mol. The van der Waals surface area contributed by atoms with E-state index in [9.17, 15) is 0 Å². The molecule has 4 nitrogen and oxygen atoms in total. The molecular formula is C16H19N3O. The summed E-state index contributed by atoms with van der Waals surface area (Å²) >= 11 is 0. The van der Waals surface area contributed by atoms with Gasteiger partial charge in [-0.25, -0.2) is 0 Å². The van der Waals surface area contributed by atoms with E-state index >= 15 is 0 Å². The van der Waals surface area contributed by atoms with Crippen molar-refractivity contribution in [3.05, 3.63) is 59.0 Å². The molecule has 20 heavy (non-hydrogen) atoms. The first-order valence-corrected chi connectivity index (χ1v) is 6.32. The number of hydrogen-bond donors (Lipinski definition) is 2. The Morgan fingerprint density at radius 2 is 1.75 bits per heavy atom. The molecule has 0 aromatic heterocycles. The number of ether oxygens (including phenoxy) is 1. The molecule has 104 valence electrons. The third-order valence-corrected chi connectivity index (χ3v) is 3.24. The van der Waals surface area contributed by atoms with Gasteiger partial charge in [0, 0.05) is 29.4 Å². The van der Waals surface area contributed by atoms with Crippen LogP contribution in [0.25, 0.3) is 12.0 Å². The maximum atomic E-state index is 6.25. The predicted molar refractivity (Wildman–Crippen MR) is 83.3 cm³/mol. The summed E-state index contributed by atoms with van der Waals surface area (Å²) in [7, 11) is 3.57. The lowest BCUT2D eigenvalue weighted by atomic mass is 10.2. The molecular weight excluding hydrogens is 250 g/mol. The summed E-state index contributed by atoms with van der Waals surface area (Å²) in [5.41, 5.74) is 12.9. The summed E-state index contributed by atoms with van der Waals surface area (Å²) in [5, 5.41) is 1.82. The molecule has 0 atom stereocenters. The lowest BCUT2D eigenvalue weighted by molar-refractivity contribution is 0.415. The molecule has 0 heterocycles. The molecule has 0 aliphatic rings. The van der Waals surface area contributed by atoms with Gasteiger partial charge in [-0.3, -0.25) is 0 Å². The van der Waals surface area contributed by atoms with E-state index in [0.717, 1.165) is 21.9 Å². The Labute approximate surface area is 118 Å². The Morgan fingerprint density at radius 3 is 2.35 bits per heavy atom. The summed E-state index contributed by atoms with van der Waals surface area (Å²) in [6.07, 6.45) is 1.56. The van der Waals surface area contributed by atoms with Crippen LogP contribution in [0.2, 0.25) is 0 Å². The van der Waals surface area contributed by atoms with E-state index in [0.29, 0.717) is 5.82 Å². The lowest BCUT2D eigenvalue weighted by Gasteiger charge is -2.20. The van der Waals surface area contributed by atoms with Gasteiger partial charge in [0.05, 0.1) is 7.11 Å². The Bertz CT molecular complexity index is 692. The van der Waals surface area contributed by atoms with Crippen LogP contribution in [0.5, 0.6) is 5.75 Å². The smallest absolute Gasteiger partial charge is 0.119 e. The Hall–Kier alpha value is -2.62. The maximum Gasteiger partial charge on any atom is 0.119 e. The second-order valence-electron chi connectivity index (χ2n) is 4.40. The van der Waals surface area contributed by atoms with E-state index in [1.165, 1.54) is 0 Å². The first kappa shape index (κ1) is 13.8. The van der Waals surface area contributed by atoms with E-state index in [2.05, 4.69) is 0 Å². The van der Waals surface area contributed by atoms with E-state index in [1.54, 1.807) is 13.3 Å². The van der Waals surface area contributed by atoms with Crippen LogP contribution < -0.4 is 31.5 Å². The third-order valence-electron chi connectivity index (χ3n) is 3.24. The molecule has 0 spiro atoms. The third kappa shape index (κ3) is 2.69. The van der Waals surface area contributed by atoms with Crippen LogP contribution in [0, 0.1) is 0 Å². The van der Waals surface area contributed by atoms with Crippen LogP contribution in [0.1, 0.15) is 0 Å². The fourth-order valence-electron chi connectivity index (χ4n) is 2.00. The second-order valence-corrected chi connectivity index (χ2v) is 4.40. The molecule has 2 aromatic carbocycles. The van der Waals surface area contributed by atoms with Crippen LogP contribution in [0.4, 0.5) is 5.69 Å². The Balaban J connectivity index is 2.48. The van der Waals surface area contributed by atoms with E-state index < -0.39 is 0 Å². The van der Waals surface area contributed by atoms with Crippen molar-refractivity contribution in [3.63, 3.8) is 0 Å². The Kier molecular flexibility index (Phi) is 4.15. The summed E-state index contributed by atoms with van der Waals surface area (Å²) in [4.78, 5) is 1.92. The van der Waals surface area contributed by atoms with Crippen molar-refractivity contribution < 1.29 is 4.74 Å². The minimum Gasteiger partial charge on any atom is -0.497 e. The van der Waals surface area contributed by atoms with Gasteiger partial charge >= 0.3 is 0 Å². The molecule has 0 aliphatic carbocycles. The molecule has 0 saturated carbocycles. The standard InChI is InChI=1S/C16H19N3O/c1-19(13-7-9-14(20-2)10-8-13)16(18)15-6-4-3-5-12(15)11-17/h3-11H,17-18H2,1-2H3/b12-11-,16-15+. The van der Waals surface area contributed by atoms with Crippen LogP contribution in [0.15, 0.2) is 48.5 Å². The highest BCUT2D eigenvalue weighted by Gasteiger charge is 2.05. The molecule has 4 N–H and O–H groups in total. The zero-order chi connectivity index (χ0) is 14.5. The highest BCUT2D eigenvalue weighted by molar-refractivity contribution is 5.66. The molecule has 2 rings (SSSR count). The van der Waals surface area contributed by atoms with Gasteiger partial charge in [0.2, 0.25) is 0 Å². The first-order valence-electron chi connectivity index (χ1n) is 6.32. The molecule has 2 aromatic rings. The van der Waals surface area contributed by atoms with Gasteiger partial charge in [0.1, 0.15) is 11.6 Å². The minimum atomic E-state index is 0.646. The zero-order valence-electron chi connectivity index (χ0n) is 11.7. The number of hydrogen-bond acceptors (Lipinski definition) is 4. The van der Waals surface area contributed by atoms with Crippen molar-refractivity contribution in [2.24, 2.45) is 11.5 Å². The van der Waals surface area contributed by atoms with Crippen LogP contribution in [-0.4, -0.2) is 14.2 Å². The summed E-state index contributed by atoms with van der Waals surface area (Å²) in [6, 6.07) is 15.5.